The fraction of sp³-hybridized carbons (Fsp3) is 0.138. The van der Waals surface area contributed by atoms with Crippen LogP contribution in [0.3, 0.4) is 0 Å². The van der Waals surface area contributed by atoms with Gasteiger partial charge in [0.15, 0.2) is 0 Å². The number of carbonyl (C=O) groups is 2. The topological polar surface area (TPSA) is 112 Å². The van der Waals surface area contributed by atoms with Gasteiger partial charge < -0.3 is 19.6 Å². The highest BCUT2D eigenvalue weighted by molar-refractivity contribution is 7.91. The number of hydrogen-bond acceptors (Lipinski definition) is 8. The Bertz CT molecular complexity index is 1580. The van der Waals surface area contributed by atoms with E-state index in [1.165, 1.54) is 44.8 Å². The molecule has 9 heteroatoms. The van der Waals surface area contributed by atoms with Crippen molar-refractivity contribution >= 4 is 27.8 Å². The molecule has 3 aromatic carbocycles. The number of pyridine rings is 1. The number of methoxy groups -OCH3 is 2. The van der Waals surface area contributed by atoms with E-state index < -0.39 is 21.8 Å². The van der Waals surface area contributed by atoms with Crippen LogP contribution in [0.1, 0.15) is 27.5 Å². The standard InChI is InChI=1S/C29H26N2O6S/c1-19-14-20(16-21(15-19)29(33)37-3)24-6-4-5-7-26(24)31-27(18-32)25-17-30-13-12-28(25)38(34,35)23-10-8-22(36-2)9-11-23/h4-18,27,31H,1-3H3. The summed E-state index contributed by atoms with van der Waals surface area (Å²) in [5, 5.41) is 3.17. The number of nitrogens with zero attached hydrogens (tertiary/aromatic N) is 1. The summed E-state index contributed by atoms with van der Waals surface area (Å²) in [4.78, 5) is 28.6. The van der Waals surface area contributed by atoms with Gasteiger partial charge in [0.2, 0.25) is 9.84 Å². The molecule has 38 heavy (non-hydrogen) atoms. The number of nitrogens with one attached hydrogen (secondary N) is 1. The third-order valence-corrected chi connectivity index (χ3v) is 7.83. The summed E-state index contributed by atoms with van der Waals surface area (Å²) in [7, 11) is -1.16. The summed E-state index contributed by atoms with van der Waals surface area (Å²) in [5.41, 5.74) is 3.47. The van der Waals surface area contributed by atoms with Gasteiger partial charge in [-0.2, -0.15) is 0 Å². The summed E-state index contributed by atoms with van der Waals surface area (Å²) < 4.78 is 37.1. The van der Waals surface area contributed by atoms with Gasteiger partial charge in [0, 0.05) is 29.2 Å². The van der Waals surface area contributed by atoms with Crippen molar-refractivity contribution in [2.75, 3.05) is 19.5 Å². The van der Waals surface area contributed by atoms with Crippen LogP contribution in [-0.4, -0.2) is 39.9 Å². The smallest absolute Gasteiger partial charge is 0.337 e. The molecule has 0 saturated carbocycles. The number of aldehydes is 1. The molecule has 194 valence electrons. The Morgan fingerprint density at radius 3 is 2.42 bits per heavy atom. The Hall–Kier alpha value is -4.50. The van der Waals surface area contributed by atoms with E-state index in [1.807, 2.05) is 25.1 Å². The molecule has 1 heterocycles. The number of ether oxygens (including phenoxy) is 2. The van der Waals surface area contributed by atoms with Gasteiger partial charge in [-0.25, -0.2) is 13.2 Å². The highest BCUT2D eigenvalue weighted by Crippen LogP contribution is 2.34. The molecule has 8 nitrogen and oxygen atoms in total. The molecule has 1 aromatic heterocycles. The van der Waals surface area contributed by atoms with Crippen molar-refractivity contribution in [3.63, 3.8) is 0 Å². The van der Waals surface area contributed by atoms with Crippen molar-refractivity contribution in [3.8, 4) is 16.9 Å². The van der Waals surface area contributed by atoms with Crippen molar-refractivity contribution in [1.29, 1.82) is 0 Å². The van der Waals surface area contributed by atoms with Crippen LogP contribution in [0.25, 0.3) is 11.1 Å². The first-order valence-electron chi connectivity index (χ1n) is 11.6. The van der Waals surface area contributed by atoms with E-state index in [1.54, 1.807) is 36.4 Å². The second-order valence-corrected chi connectivity index (χ2v) is 10.4. The summed E-state index contributed by atoms with van der Waals surface area (Å²) >= 11 is 0. The second-order valence-electron chi connectivity index (χ2n) is 8.48. The number of sulfone groups is 1. The van der Waals surface area contributed by atoms with Gasteiger partial charge in [-0.3, -0.25) is 4.98 Å². The number of rotatable bonds is 9. The molecular formula is C29H26N2O6S. The molecule has 4 rings (SSSR count). The zero-order valence-corrected chi connectivity index (χ0v) is 21.9. The summed E-state index contributed by atoms with van der Waals surface area (Å²) in [6.45, 7) is 1.87. The van der Waals surface area contributed by atoms with Crippen LogP contribution < -0.4 is 10.1 Å². The predicted molar refractivity (Wildman–Crippen MR) is 143 cm³/mol. The maximum Gasteiger partial charge on any atom is 0.337 e. The van der Waals surface area contributed by atoms with Crippen LogP contribution >= 0.6 is 0 Å². The van der Waals surface area contributed by atoms with Gasteiger partial charge in [0.05, 0.1) is 29.6 Å². The van der Waals surface area contributed by atoms with Crippen molar-refractivity contribution in [1.82, 2.24) is 4.98 Å². The van der Waals surface area contributed by atoms with E-state index in [0.29, 0.717) is 23.3 Å². The minimum absolute atomic E-state index is 0.0386. The molecule has 0 aliphatic rings. The monoisotopic (exact) mass is 530 g/mol. The maximum atomic E-state index is 13.5. The molecule has 0 saturated heterocycles. The molecule has 0 aliphatic carbocycles. The molecule has 0 bridgehead atoms. The number of hydrogen-bond donors (Lipinski definition) is 1. The molecule has 0 radical (unpaired) electrons. The van der Waals surface area contributed by atoms with Crippen LogP contribution in [0.4, 0.5) is 5.69 Å². The van der Waals surface area contributed by atoms with Crippen molar-refractivity contribution < 1.29 is 27.5 Å². The zero-order chi connectivity index (χ0) is 27.3. The third-order valence-electron chi connectivity index (χ3n) is 5.99. The number of esters is 1. The van der Waals surface area contributed by atoms with Crippen molar-refractivity contribution in [2.45, 2.75) is 22.8 Å². The second kappa shape index (κ2) is 11.3. The summed E-state index contributed by atoms with van der Waals surface area (Å²) in [6, 6.07) is 19.0. The molecule has 1 N–H and O–H groups in total. The summed E-state index contributed by atoms with van der Waals surface area (Å²) in [6.07, 6.45) is 3.38. The van der Waals surface area contributed by atoms with Gasteiger partial charge in [-0.1, -0.05) is 24.3 Å². The van der Waals surface area contributed by atoms with E-state index in [2.05, 4.69) is 10.3 Å². The van der Waals surface area contributed by atoms with Crippen molar-refractivity contribution in [2.24, 2.45) is 0 Å². The van der Waals surface area contributed by atoms with Crippen LogP contribution in [-0.2, 0) is 19.4 Å². The van der Waals surface area contributed by atoms with Gasteiger partial charge in [0.25, 0.3) is 0 Å². The van der Waals surface area contributed by atoms with E-state index in [-0.39, 0.29) is 15.4 Å². The largest absolute Gasteiger partial charge is 0.497 e. The predicted octanol–water partition coefficient (Wildman–Crippen LogP) is 5.04. The number of carbonyl (C=O) groups excluding carboxylic acids is 2. The van der Waals surface area contributed by atoms with Crippen LogP contribution in [0.15, 0.2) is 95.0 Å². The fourth-order valence-electron chi connectivity index (χ4n) is 4.14. The number of anilines is 1. The van der Waals surface area contributed by atoms with E-state index in [0.717, 1.165) is 16.7 Å². The average Bonchev–Trinajstić information content (AvgIpc) is 2.95. The van der Waals surface area contributed by atoms with Crippen LogP contribution in [0.5, 0.6) is 5.75 Å². The molecule has 0 fully saturated rings. The lowest BCUT2D eigenvalue weighted by atomic mass is 9.98. The number of benzene rings is 3. The Morgan fingerprint density at radius 1 is 1.00 bits per heavy atom. The third kappa shape index (κ3) is 5.42. The summed E-state index contributed by atoms with van der Waals surface area (Å²) in [5.74, 6) is 0.0596. The number of aryl methyl sites for hydroxylation is 1. The normalized spacial score (nSPS) is 11.9. The van der Waals surface area contributed by atoms with Gasteiger partial charge >= 0.3 is 5.97 Å². The minimum atomic E-state index is -3.97. The molecule has 0 aliphatic heterocycles. The quantitative estimate of drug-likeness (QED) is 0.237. The lowest BCUT2D eigenvalue weighted by molar-refractivity contribution is -0.108. The lowest BCUT2D eigenvalue weighted by Crippen LogP contribution is -2.17. The average molecular weight is 531 g/mol. The minimum Gasteiger partial charge on any atom is -0.497 e. The molecule has 0 spiro atoms. The molecular weight excluding hydrogens is 504 g/mol. The number of para-hydroxylation sites is 1. The van der Waals surface area contributed by atoms with Crippen molar-refractivity contribution in [3.05, 3.63) is 102 Å². The molecule has 1 unspecified atom stereocenters. The first kappa shape index (κ1) is 26.6. The van der Waals surface area contributed by atoms with Crippen LogP contribution in [0.2, 0.25) is 0 Å². The van der Waals surface area contributed by atoms with E-state index in [4.69, 9.17) is 9.47 Å². The van der Waals surface area contributed by atoms with Gasteiger partial charge in [-0.15, -0.1) is 0 Å². The Morgan fingerprint density at radius 2 is 1.74 bits per heavy atom. The van der Waals surface area contributed by atoms with Gasteiger partial charge in [0.1, 0.15) is 18.1 Å². The Kier molecular flexibility index (Phi) is 7.87. The van der Waals surface area contributed by atoms with E-state index in [9.17, 15) is 18.0 Å². The zero-order valence-electron chi connectivity index (χ0n) is 21.0. The number of aromatic nitrogens is 1. The highest BCUT2D eigenvalue weighted by Gasteiger charge is 2.26. The lowest BCUT2D eigenvalue weighted by Gasteiger charge is -2.20. The van der Waals surface area contributed by atoms with Crippen LogP contribution in [0, 0.1) is 6.92 Å². The van der Waals surface area contributed by atoms with Gasteiger partial charge in [-0.05, 0) is 66.6 Å². The molecule has 1 atom stereocenters. The maximum absolute atomic E-state index is 13.5. The SMILES string of the molecule is COC(=O)c1cc(C)cc(-c2ccccc2NC(C=O)c2cnccc2S(=O)(=O)c2ccc(OC)cc2)c1. The molecule has 4 aromatic rings. The molecule has 0 amide bonds. The fourth-order valence-corrected chi connectivity index (χ4v) is 5.62. The first-order chi connectivity index (χ1) is 18.3. The highest BCUT2D eigenvalue weighted by atomic mass is 32.2. The Labute approximate surface area is 221 Å². The van der Waals surface area contributed by atoms with E-state index >= 15 is 0 Å². The first-order valence-corrected chi connectivity index (χ1v) is 13.1. The Balaban J connectivity index is 1.75.